The summed E-state index contributed by atoms with van der Waals surface area (Å²) in [6.07, 6.45) is 19.3. The van der Waals surface area contributed by atoms with Crippen LogP contribution < -0.4 is 10.6 Å². The molecule has 0 radical (unpaired) electrons. The van der Waals surface area contributed by atoms with Crippen molar-refractivity contribution in [2.75, 3.05) is 33.4 Å². The van der Waals surface area contributed by atoms with E-state index in [1.165, 1.54) is 16.7 Å². The quantitative estimate of drug-likeness (QED) is 0.0707. The molecule has 4 aliphatic carbocycles. The van der Waals surface area contributed by atoms with Crippen LogP contribution in [-0.2, 0) is 17.6 Å². The molecule has 5 aliphatic rings. The van der Waals surface area contributed by atoms with E-state index in [1.54, 1.807) is 0 Å². The van der Waals surface area contributed by atoms with Gasteiger partial charge in [-0.25, -0.2) is 0 Å². The molecule has 6 N–H and O–H groups in total. The molecule has 1 aromatic rings. The molecule has 3 saturated carbocycles. The minimum Gasteiger partial charge on any atom is -0.396 e. The number of benzene rings is 1. The summed E-state index contributed by atoms with van der Waals surface area (Å²) >= 11 is 0. The monoisotopic (exact) mass is 724 g/mol. The summed E-state index contributed by atoms with van der Waals surface area (Å²) < 4.78 is 0. The summed E-state index contributed by atoms with van der Waals surface area (Å²) in [6, 6.07) is 9.30. The Balaban J connectivity index is 1.36. The zero-order valence-corrected chi connectivity index (χ0v) is 32.5. The second-order valence-corrected chi connectivity index (χ2v) is 17.2. The number of carbonyl (C=O) groups is 1. The van der Waals surface area contributed by atoms with Gasteiger partial charge in [-0.3, -0.25) is 4.79 Å². The second-order valence-electron chi connectivity index (χ2n) is 17.2. The summed E-state index contributed by atoms with van der Waals surface area (Å²) in [4.78, 5) is 12.5. The summed E-state index contributed by atoms with van der Waals surface area (Å²) in [5.74, 6) is -0.0331. The lowest BCUT2D eigenvalue weighted by Gasteiger charge is -2.71. The van der Waals surface area contributed by atoms with Crippen molar-refractivity contribution < 1.29 is 25.2 Å². The second kappa shape index (κ2) is 16.1. The van der Waals surface area contributed by atoms with Gasteiger partial charge in [0.1, 0.15) is 6.29 Å². The van der Waals surface area contributed by atoms with E-state index in [1.807, 2.05) is 26.1 Å². The predicted octanol–water partition coefficient (Wildman–Crippen LogP) is 6.10. The highest BCUT2D eigenvalue weighted by Gasteiger charge is 2.79. The highest BCUT2D eigenvalue weighted by atomic mass is 16.3. The van der Waals surface area contributed by atoms with Crippen molar-refractivity contribution in [3.8, 4) is 0 Å². The molecule has 7 nitrogen and oxygen atoms in total. The van der Waals surface area contributed by atoms with Crippen molar-refractivity contribution in [1.82, 2.24) is 10.6 Å². The van der Waals surface area contributed by atoms with Crippen molar-refractivity contribution in [2.24, 2.45) is 34.0 Å². The first-order valence-electron chi connectivity index (χ1n) is 20.1. The molecule has 1 heterocycles. The SMILES string of the molecule is C=C(C=CC=C(CO)C12CCC34C(=C(C)C=O)C(C=CC3CCO)CC(O)(CCNC)C4(CC1)C2O)C1CC=C(C)CNC(C)Cc2cccc(c2)C1. The van der Waals surface area contributed by atoms with Gasteiger partial charge in [-0.15, -0.1) is 0 Å². The maximum absolute atomic E-state index is 13.0. The van der Waals surface area contributed by atoms with E-state index < -0.39 is 27.9 Å². The van der Waals surface area contributed by atoms with Gasteiger partial charge in [-0.1, -0.05) is 78.4 Å². The van der Waals surface area contributed by atoms with Gasteiger partial charge in [0.25, 0.3) is 0 Å². The standard InChI is InChI=1S/C46H64N2O5/c1-31-12-13-37(26-36-10-7-9-35(25-36)24-34(4)48-28-31)32(2)8-6-11-40(30-51)43-17-19-45-39(16-23-49)15-14-38(41(45)33(3)29-50)27-44(53,21-22-47-5)46(45,20-18-43)42(43)52/h6-12,14-15,25,29,34,37-39,42,47-49,51-53H,2,13,16-24,26-28,30H2,1,3-5H3. The van der Waals surface area contributed by atoms with E-state index in [4.69, 9.17) is 0 Å². The van der Waals surface area contributed by atoms with Crippen LogP contribution in [0.3, 0.4) is 0 Å². The molecule has 3 fully saturated rings. The van der Waals surface area contributed by atoms with Crippen LogP contribution in [0.2, 0.25) is 0 Å². The number of allylic oxidation sites excluding steroid dienone is 9. The Morgan fingerprint density at radius 3 is 2.58 bits per heavy atom. The third kappa shape index (κ3) is 6.74. The van der Waals surface area contributed by atoms with E-state index in [9.17, 15) is 25.2 Å². The smallest absolute Gasteiger partial charge is 0.145 e. The molecule has 7 heteroatoms. The number of hydrogen-bond acceptors (Lipinski definition) is 7. The normalized spacial score (nSPS) is 38.1. The maximum atomic E-state index is 13.0. The van der Waals surface area contributed by atoms with Gasteiger partial charge in [-0.05, 0) is 138 Å². The topological polar surface area (TPSA) is 122 Å². The molecule has 0 saturated heterocycles. The van der Waals surface area contributed by atoms with Gasteiger partial charge in [0.05, 0.1) is 18.3 Å². The van der Waals surface area contributed by atoms with Crippen LogP contribution in [0.25, 0.3) is 0 Å². The van der Waals surface area contributed by atoms with Crippen molar-refractivity contribution in [2.45, 2.75) is 103 Å². The minimum absolute atomic E-state index is 0.0184. The molecule has 1 aliphatic heterocycles. The first-order valence-corrected chi connectivity index (χ1v) is 20.1. The molecule has 6 bridgehead atoms. The molecule has 9 unspecified atom stereocenters. The fourth-order valence-electron chi connectivity index (χ4n) is 12.0. The third-order valence-corrected chi connectivity index (χ3v) is 14.4. The number of aliphatic hydroxyl groups excluding tert-OH is 3. The predicted molar refractivity (Wildman–Crippen MR) is 213 cm³/mol. The maximum Gasteiger partial charge on any atom is 0.145 e. The number of nitrogens with one attached hydrogen (secondary N) is 2. The Hall–Kier alpha value is -2.91. The van der Waals surface area contributed by atoms with E-state index >= 15 is 0 Å². The van der Waals surface area contributed by atoms with Crippen molar-refractivity contribution in [1.29, 1.82) is 0 Å². The number of fused-ring (bicyclic) bond motifs is 4. The zero-order chi connectivity index (χ0) is 38.0. The largest absolute Gasteiger partial charge is 0.396 e. The highest BCUT2D eigenvalue weighted by Crippen LogP contribution is 2.80. The fourth-order valence-corrected chi connectivity index (χ4v) is 12.0. The number of hydrogen-bond donors (Lipinski definition) is 6. The van der Waals surface area contributed by atoms with Gasteiger partial charge in [0, 0.05) is 41.4 Å². The molecule has 1 aromatic carbocycles. The number of aliphatic hydroxyl groups is 4. The first kappa shape index (κ1) is 39.8. The lowest BCUT2D eigenvalue weighted by Crippen LogP contribution is -2.73. The molecule has 0 amide bonds. The lowest BCUT2D eigenvalue weighted by molar-refractivity contribution is -0.256. The Bertz CT molecular complexity index is 1690. The van der Waals surface area contributed by atoms with Crippen LogP contribution >= 0.6 is 0 Å². The van der Waals surface area contributed by atoms with Crippen molar-refractivity contribution in [3.05, 3.63) is 106 Å². The van der Waals surface area contributed by atoms with E-state index in [0.717, 1.165) is 48.8 Å². The highest BCUT2D eigenvalue weighted by molar-refractivity contribution is 5.75. The van der Waals surface area contributed by atoms with Gasteiger partial charge in [0.15, 0.2) is 0 Å². The van der Waals surface area contributed by atoms with Gasteiger partial charge in [-0.2, -0.15) is 0 Å². The van der Waals surface area contributed by atoms with Crippen LogP contribution in [0.15, 0.2) is 95.2 Å². The van der Waals surface area contributed by atoms with Gasteiger partial charge < -0.3 is 31.1 Å². The number of rotatable bonds is 11. The Morgan fingerprint density at radius 2 is 1.87 bits per heavy atom. The molecule has 9 atom stereocenters. The first-order chi connectivity index (χ1) is 25.4. The molecule has 2 spiro atoms. The average Bonchev–Trinajstić information content (AvgIpc) is 3.35. The zero-order valence-electron chi connectivity index (χ0n) is 32.5. The van der Waals surface area contributed by atoms with Crippen LogP contribution in [0.5, 0.6) is 0 Å². The Morgan fingerprint density at radius 1 is 1.11 bits per heavy atom. The van der Waals surface area contributed by atoms with Crippen LogP contribution in [-0.4, -0.2) is 77.8 Å². The van der Waals surface area contributed by atoms with Gasteiger partial charge in [0.2, 0.25) is 0 Å². The summed E-state index contributed by atoms with van der Waals surface area (Å²) in [5, 5.41) is 54.4. The molecule has 288 valence electrons. The molecule has 0 aromatic heterocycles. The average molecular weight is 725 g/mol. The van der Waals surface area contributed by atoms with Crippen LogP contribution in [0.1, 0.15) is 83.3 Å². The molecule has 53 heavy (non-hydrogen) atoms. The van der Waals surface area contributed by atoms with Gasteiger partial charge >= 0.3 is 0 Å². The number of carbonyl (C=O) groups excluding carboxylic acids is 1. The third-order valence-electron chi connectivity index (χ3n) is 14.4. The van der Waals surface area contributed by atoms with Crippen molar-refractivity contribution >= 4 is 6.29 Å². The van der Waals surface area contributed by atoms with E-state index in [2.05, 4.69) is 79.6 Å². The Labute approximate surface area is 317 Å². The molecule has 6 rings (SSSR count). The molecular formula is C46H64N2O5. The summed E-state index contributed by atoms with van der Waals surface area (Å²) in [6.45, 7) is 12.1. The van der Waals surface area contributed by atoms with E-state index in [-0.39, 0.29) is 31.0 Å². The van der Waals surface area contributed by atoms with Crippen LogP contribution in [0, 0.1) is 34.0 Å². The van der Waals surface area contributed by atoms with Crippen molar-refractivity contribution in [3.63, 3.8) is 0 Å². The van der Waals surface area contributed by atoms with Crippen LogP contribution in [0.4, 0.5) is 0 Å². The summed E-state index contributed by atoms with van der Waals surface area (Å²) in [7, 11) is 1.88. The van der Waals surface area contributed by atoms with E-state index in [0.29, 0.717) is 63.1 Å². The lowest BCUT2D eigenvalue weighted by atomic mass is 9.34. The summed E-state index contributed by atoms with van der Waals surface area (Å²) in [5.41, 5.74) is 3.89. The molecular weight excluding hydrogens is 661 g/mol. The Kier molecular flexibility index (Phi) is 12.0. The number of aldehydes is 1. The minimum atomic E-state index is -1.22. The fraction of sp³-hybridized carbons (Fsp3) is 0.587.